The Hall–Kier alpha value is -2.03. The largest absolute Gasteiger partial charge is 0.493 e. The van der Waals surface area contributed by atoms with Crippen LogP contribution in [0.3, 0.4) is 0 Å². The van der Waals surface area contributed by atoms with Crippen LogP contribution in [0.4, 0.5) is 10.1 Å². The minimum absolute atomic E-state index is 0.196. The van der Waals surface area contributed by atoms with E-state index in [1.807, 2.05) is 13.0 Å². The molecule has 0 bridgehead atoms. The normalized spacial score (nSPS) is 17.6. The molecule has 0 spiro atoms. The van der Waals surface area contributed by atoms with Gasteiger partial charge in [0, 0.05) is 11.3 Å². The summed E-state index contributed by atoms with van der Waals surface area (Å²) in [6.07, 6.45) is 2.01. The van der Waals surface area contributed by atoms with Crippen LogP contribution < -0.4 is 10.1 Å². The lowest BCUT2D eigenvalue weighted by atomic mass is 9.99. The van der Waals surface area contributed by atoms with Gasteiger partial charge in [0.15, 0.2) is 0 Å². The number of aryl methyl sites for hydroxylation is 2. The van der Waals surface area contributed by atoms with Gasteiger partial charge >= 0.3 is 0 Å². The number of para-hydroxylation sites is 1. The van der Waals surface area contributed by atoms with E-state index in [4.69, 9.17) is 4.74 Å². The molecular formula is C18H20FNO. The minimum Gasteiger partial charge on any atom is -0.493 e. The molecule has 0 saturated heterocycles. The number of hydrogen-bond donors (Lipinski definition) is 1. The molecule has 0 radical (unpaired) electrons. The highest BCUT2D eigenvalue weighted by atomic mass is 19.1. The molecule has 2 aromatic rings. The predicted molar refractivity (Wildman–Crippen MR) is 83.4 cm³/mol. The fourth-order valence-electron chi connectivity index (χ4n) is 2.89. The molecule has 0 amide bonds. The molecule has 1 atom stereocenters. The second-order valence-electron chi connectivity index (χ2n) is 5.64. The summed E-state index contributed by atoms with van der Waals surface area (Å²) in [6.45, 7) is 4.75. The number of rotatable bonds is 2. The Bertz CT molecular complexity index is 654. The van der Waals surface area contributed by atoms with E-state index in [1.54, 1.807) is 6.07 Å². The van der Waals surface area contributed by atoms with Crippen molar-refractivity contribution in [2.75, 3.05) is 11.9 Å². The monoisotopic (exact) mass is 285 g/mol. The van der Waals surface area contributed by atoms with Crippen molar-refractivity contribution in [1.82, 2.24) is 0 Å². The molecule has 21 heavy (non-hydrogen) atoms. The Balaban J connectivity index is 1.94. The molecule has 0 aliphatic carbocycles. The van der Waals surface area contributed by atoms with E-state index in [0.29, 0.717) is 0 Å². The van der Waals surface area contributed by atoms with Gasteiger partial charge in [-0.25, -0.2) is 4.39 Å². The zero-order chi connectivity index (χ0) is 14.8. The van der Waals surface area contributed by atoms with E-state index in [1.165, 1.54) is 11.6 Å². The molecule has 1 heterocycles. The number of fused-ring (bicyclic) bond motifs is 1. The Morgan fingerprint density at radius 2 is 2.00 bits per heavy atom. The molecule has 2 aromatic carbocycles. The summed E-state index contributed by atoms with van der Waals surface area (Å²) in [4.78, 5) is 0. The molecule has 2 nitrogen and oxygen atoms in total. The predicted octanol–water partition coefficient (Wildman–Crippen LogP) is 4.77. The van der Waals surface area contributed by atoms with Gasteiger partial charge in [-0.1, -0.05) is 18.2 Å². The topological polar surface area (TPSA) is 21.3 Å². The van der Waals surface area contributed by atoms with Crippen LogP contribution >= 0.6 is 0 Å². The molecule has 1 aliphatic rings. The first-order valence-electron chi connectivity index (χ1n) is 7.40. The van der Waals surface area contributed by atoms with Crippen molar-refractivity contribution in [3.05, 3.63) is 58.9 Å². The summed E-state index contributed by atoms with van der Waals surface area (Å²) >= 11 is 0. The van der Waals surface area contributed by atoms with Crippen molar-refractivity contribution < 1.29 is 9.13 Å². The molecule has 110 valence electrons. The van der Waals surface area contributed by atoms with Crippen LogP contribution in [0.5, 0.6) is 5.75 Å². The highest BCUT2D eigenvalue weighted by Crippen LogP contribution is 2.36. The summed E-state index contributed by atoms with van der Waals surface area (Å²) in [5.41, 5.74) is 4.26. The van der Waals surface area contributed by atoms with Crippen LogP contribution in [-0.4, -0.2) is 6.61 Å². The van der Waals surface area contributed by atoms with Crippen LogP contribution in [0.15, 0.2) is 36.4 Å². The maximum absolute atomic E-state index is 13.2. The third kappa shape index (κ3) is 2.87. The number of hydrogen-bond acceptors (Lipinski definition) is 2. The third-order valence-corrected chi connectivity index (χ3v) is 4.02. The third-order valence-electron chi connectivity index (χ3n) is 4.02. The van der Waals surface area contributed by atoms with Crippen LogP contribution in [0.25, 0.3) is 0 Å². The van der Waals surface area contributed by atoms with Gasteiger partial charge in [0.25, 0.3) is 0 Å². The standard InChI is InChI=1S/C18H20FNO/c1-12-5-3-6-15-17(7-4-10-21-18(12)15)20-16-9-8-14(19)11-13(16)2/h3,5-6,8-9,11,17,20H,4,7,10H2,1-2H3. The smallest absolute Gasteiger partial charge is 0.127 e. The summed E-state index contributed by atoms with van der Waals surface area (Å²) in [6, 6.07) is 11.3. The highest BCUT2D eigenvalue weighted by Gasteiger charge is 2.21. The fraction of sp³-hybridized carbons (Fsp3) is 0.333. The van der Waals surface area contributed by atoms with Crippen molar-refractivity contribution >= 4 is 5.69 Å². The van der Waals surface area contributed by atoms with Gasteiger partial charge < -0.3 is 10.1 Å². The van der Waals surface area contributed by atoms with E-state index in [9.17, 15) is 4.39 Å². The molecule has 1 aliphatic heterocycles. The van der Waals surface area contributed by atoms with Crippen LogP contribution in [0.1, 0.15) is 35.6 Å². The maximum Gasteiger partial charge on any atom is 0.127 e. The number of ether oxygens (including phenoxy) is 1. The van der Waals surface area contributed by atoms with Crippen molar-refractivity contribution in [2.45, 2.75) is 32.7 Å². The first-order valence-corrected chi connectivity index (χ1v) is 7.40. The molecule has 1 N–H and O–H groups in total. The number of halogens is 1. The van der Waals surface area contributed by atoms with E-state index in [-0.39, 0.29) is 11.9 Å². The second-order valence-corrected chi connectivity index (χ2v) is 5.64. The number of anilines is 1. The Morgan fingerprint density at radius 1 is 1.14 bits per heavy atom. The average Bonchev–Trinajstić information content (AvgIpc) is 2.66. The van der Waals surface area contributed by atoms with E-state index in [2.05, 4.69) is 30.4 Å². The summed E-state index contributed by atoms with van der Waals surface area (Å²) in [5.74, 6) is 0.797. The molecule has 0 saturated carbocycles. The van der Waals surface area contributed by atoms with Gasteiger partial charge in [0.1, 0.15) is 11.6 Å². The molecule has 3 heteroatoms. The fourth-order valence-corrected chi connectivity index (χ4v) is 2.89. The highest BCUT2D eigenvalue weighted by molar-refractivity contribution is 5.54. The zero-order valence-corrected chi connectivity index (χ0v) is 12.4. The maximum atomic E-state index is 13.2. The molecule has 3 rings (SSSR count). The Labute approximate surface area is 125 Å². The van der Waals surface area contributed by atoms with Crippen LogP contribution in [0, 0.1) is 19.7 Å². The minimum atomic E-state index is -0.196. The van der Waals surface area contributed by atoms with Crippen molar-refractivity contribution in [3.63, 3.8) is 0 Å². The van der Waals surface area contributed by atoms with Gasteiger partial charge in [-0.2, -0.15) is 0 Å². The van der Waals surface area contributed by atoms with E-state index in [0.717, 1.165) is 42.0 Å². The van der Waals surface area contributed by atoms with Crippen LogP contribution in [0.2, 0.25) is 0 Å². The van der Waals surface area contributed by atoms with Gasteiger partial charge in [0.2, 0.25) is 0 Å². The molecular weight excluding hydrogens is 265 g/mol. The second kappa shape index (κ2) is 5.76. The van der Waals surface area contributed by atoms with Gasteiger partial charge in [0.05, 0.1) is 12.6 Å². The number of benzene rings is 2. The first kappa shape index (κ1) is 13.9. The van der Waals surface area contributed by atoms with Crippen molar-refractivity contribution in [3.8, 4) is 5.75 Å². The summed E-state index contributed by atoms with van der Waals surface area (Å²) in [5, 5.41) is 3.55. The lowest BCUT2D eigenvalue weighted by Crippen LogP contribution is -2.11. The molecule has 0 fully saturated rings. The van der Waals surface area contributed by atoms with Gasteiger partial charge in [-0.05, 0) is 56.0 Å². The van der Waals surface area contributed by atoms with E-state index < -0.39 is 0 Å². The summed E-state index contributed by atoms with van der Waals surface area (Å²) in [7, 11) is 0. The average molecular weight is 285 g/mol. The lowest BCUT2D eigenvalue weighted by molar-refractivity contribution is 0.314. The first-order chi connectivity index (χ1) is 10.1. The van der Waals surface area contributed by atoms with Gasteiger partial charge in [-0.3, -0.25) is 0 Å². The summed E-state index contributed by atoms with van der Waals surface area (Å²) < 4.78 is 19.1. The number of nitrogens with one attached hydrogen (secondary N) is 1. The van der Waals surface area contributed by atoms with E-state index >= 15 is 0 Å². The Kier molecular flexibility index (Phi) is 3.82. The Morgan fingerprint density at radius 3 is 2.81 bits per heavy atom. The van der Waals surface area contributed by atoms with Crippen molar-refractivity contribution in [2.24, 2.45) is 0 Å². The zero-order valence-electron chi connectivity index (χ0n) is 12.4. The molecule has 0 aromatic heterocycles. The lowest BCUT2D eigenvalue weighted by Gasteiger charge is -2.21. The van der Waals surface area contributed by atoms with Crippen LogP contribution in [-0.2, 0) is 0 Å². The van der Waals surface area contributed by atoms with Crippen molar-refractivity contribution in [1.29, 1.82) is 0 Å². The SMILES string of the molecule is Cc1cc(F)ccc1NC1CCCOc2c(C)cccc21. The quantitative estimate of drug-likeness (QED) is 0.858. The van der Waals surface area contributed by atoms with Gasteiger partial charge in [-0.15, -0.1) is 0 Å². The molecule has 1 unspecified atom stereocenters.